The van der Waals surface area contributed by atoms with Crippen molar-refractivity contribution >= 4 is 5.69 Å². The fourth-order valence-electron chi connectivity index (χ4n) is 3.35. The van der Waals surface area contributed by atoms with Gasteiger partial charge in [0.05, 0.1) is 6.07 Å². The third kappa shape index (κ3) is 2.43. The smallest absolute Gasteiger partial charge is 0.128 e. The highest BCUT2D eigenvalue weighted by Gasteiger charge is 2.41. The predicted molar refractivity (Wildman–Crippen MR) is 72.2 cm³/mol. The number of anilines is 1. The summed E-state index contributed by atoms with van der Waals surface area (Å²) in [6, 6.07) is 9.32. The fourth-order valence-corrected chi connectivity index (χ4v) is 3.35. The van der Waals surface area contributed by atoms with E-state index in [2.05, 4.69) is 16.3 Å². The minimum atomic E-state index is -0.542. The lowest BCUT2D eigenvalue weighted by atomic mass is 9.84. The molecule has 1 N–H and O–H groups in total. The van der Waals surface area contributed by atoms with E-state index in [1.807, 2.05) is 6.07 Å². The van der Waals surface area contributed by atoms with Gasteiger partial charge in [-0.3, -0.25) is 0 Å². The van der Waals surface area contributed by atoms with Crippen LogP contribution in [0.2, 0.25) is 0 Å². The summed E-state index contributed by atoms with van der Waals surface area (Å²) in [5, 5.41) is 12.8. The zero-order chi connectivity index (χ0) is 13.3. The Labute approximate surface area is 113 Å². The molecule has 2 atom stereocenters. The molecule has 1 aromatic rings. The van der Waals surface area contributed by atoms with Gasteiger partial charge in [0, 0.05) is 18.3 Å². The van der Waals surface area contributed by atoms with Crippen molar-refractivity contribution in [2.75, 3.05) is 18.4 Å². The average molecular weight is 259 g/mol. The van der Waals surface area contributed by atoms with Crippen LogP contribution in [0.5, 0.6) is 0 Å². The van der Waals surface area contributed by atoms with E-state index in [4.69, 9.17) is 0 Å². The molecule has 1 aromatic carbocycles. The molecule has 0 radical (unpaired) electrons. The average Bonchev–Trinajstić information content (AvgIpc) is 2.86. The van der Waals surface area contributed by atoms with E-state index in [1.165, 1.54) is 25.0 Å². The lowest BCUT2D eigenvalue weighted by molar-refractivity contribution is 0.165. The number of hydrogen-bond donors (Lipinski definition) is 1. The van der Waals surface area contributed by atoms with Crippen molar-refractivity contribution in [3.05, 3.63) is 30.1 Å². The number of rotatable bonds is 2. The van der Waals surface area contributed by atoms with Gasteiger partial charge >= 0.3 is 0 Å². The van der Waals surface area contributed by atoms with Crippen LogP contribution in [0.4, 0.5) is 10.1 Å². The molecule has 19 heavy (non-hydrogen) atoms. The summed E-state index contributed by atoms with van der Waals surface area (Å²) in [7, 11) is 0. The Morgan fingerprint density at radius 3 is 3.11 bits per heavy atom. The van der Waals surface area contributed by atoms with Gasteiger partial charge in [-0.2, -0.15) is 5.26 Å². The van der Waals surface area contributed by atoms with Crippen molar-refractivity contribution in [2.45, 2.75) is 37.3 Å². The highest BCUT2D eigenvalue weighted by molar-refractivity contribution is 5.48. The van der Waals surface area contributed by atoms with Crippen molar-refractivity contribution < 1.29 is 4.39 Å². The number of nitrogens with zero attached hydrogens (tertiary/aromatic N) is 2. The summed E-state index contributed by atoms with van der Waals surface area (Å²) in [4.78, 5) is 2.48. The van der Waals surface area contributed by atoms with Crippen molar-refractivity contribution in [3.63, 3.8) is 0 Å². The second-order valence-electron chi connectivity index (χ2n) is 5.62. The summed E-state index contributed by atoms with van der Waals surface area (Å²) >= 11 is 0. The Hall–Kier alpha value is -1.60. The summed E-state index contributed by atoms with van der Waals surface area (Å²) in [5.74, 6) is -0.267. The SMILES string of the molecule is N#CC1(Nc2cccc(F)c2)CCN2CCCC2C1. The molecule has 3 rings (SSSR count). The van der Waals surface area contributed by atoms with E-state index >= 15 is 0 Å². The van der Waals surface area contributed by atoms with Gasteiger partial charge in [0.25, 0.3) is 0 Å². The first-order chi connectivity index (χ1) is 9.21. The molecular formula is C15H18FN3. The molecule has 0 saturated carbocycles. The molecule has 2 saturated heterocycles. The van der Waals surface area contributed by atoms with Crippen LogP contribution in [0.25, 0.3) is 0 Å². The third-order valence-electron chi connectivity index (χ3n) is 4.33. The molecule has 3 nitrogen and oxygen atoms in total. The Morgan fingerprint density at radius 2 is 2.32 bits per heavy atom. The Balaban J connectivity index is 1.78. The van der Waals surface area contributed by atoms with E-state index < -0.39 is 5.54 Å². The summed E-state index contributed by atoms with van der Waals surface area (Å²) in [5.41, 5.74) is 0.159. The quantitative estimate of drug-likeness (QED) is 0.887. The van der Waals surface area contributed by atoms with Crippen molar-refractivity contribution in [2.24, 2.45) is 0 Å². The van der Waals surface area contributed by atoms with Gasteiger partial charge in [0.15, 0.2) is 0 Å². The maximum absolute atomic E-state index is 13.2. The minimum absolute atomic E-state index is 0.267. The summed E-state index contributed by atoms with van der Waals surface area (Å²) in [6.45, 7) is 2.12. The van der Waals surface area contributed by atoms with E-state index in [0.29, 0.717) is 11.7 Å². The van der Waals surface area contributed by atoms with E-state index in [0.717, 1.165) is 25.9 Å². The van der Waals surface area contributed by atoms with Gasteiger partial charge in [-0.25, -0.2) is 4.39 Å². The van der Waals surface area contributed by atoms with Crippen LogP contribution < -0.4 is 5.32 Å². The molecule has 100 valence electrons. The van der Waals surface area contributed by atoms with Gasteiger partial charge < -0.3 is 10.2 Å². The zero-order valence-corrected chi connectivity index (χ0v) is 10.9. The maximum atomic E-state index is 13.2. The largest absolute Gasteiger partial charge is 0.367 e. The normalized spacial score (nSPS) is 30.6. The summed E-state index contributed by atoms with van der Waals surface area (Å²) in [6.07, 6.45) is 4.04. The molecule has 2 heterocycles. The predicted octanol–water partition coefficient (Wildman–Crippen LogP) is 2.76. The lowest BCUT2D eigenvalue weighted by Crippen LogP contribution is -2.51. The van der Waals surface area contributed by atoms with Gasteiger partial charge in [-0.05, 0) is 50.4 Å². The molecule has 0 spiro atoms. The number of nitriles is 1. The first kappa shape index (κ1) is 12.4. The van der Waals surface area contributed by atoms with Crippen LogP contribution in [0.15, 0.2) is 24.3 Å². The second kappa shape index (κ2) is 4.82. The highest BCUT2D eigenvalue weighted by atomic mass is 19.1. The molecular weight excluding hydrogens is 241 g/mol. The number of fused-ring (bicyclic) bond motifs is 1. The van der Waals surface area contributed by atoms with Crippen molar-refractivity contribution in [3.8, 4) is 6.07 Å². The van der Waals surface area contributed by atoms with Crippen LogP contribution >= 0.6 is 0 Å². The van der Waals surface area contributed by atoms with Gasteiger partial charge in [-0.15, -0.1) is 0 Å². The second-order valence-corrected chi connectivity index (χ2v) is 5.62. The number of nitrogens with one attached hydrogen (secondary N) is 1. The Morgan fingerprint density at radius 1 is 1.42 bits per heavy atom. The van der Waals surface area contributed by atoms with Crippen LogP contribution in [-0.4, -0.2) is 29.6 Å². The molecule has 0 aromatic heterocycles. The zero-order valence-electron chi connectivity index (χ0n) is 10.9. The maximum Gasteiger partial charge on any atom is 0.128 e. The first-order valence-corrected chi connectivity index (χ1v) is 6.90. The van der Waals surface area contributed by atoms with Crippen molar-refractivity contribution in [1.29, 1.82) is 5.26 Å². The number of halogens is 1. The Kier molecular flexibility index (Phi) is 3.16. The lowest BCUT2D eigenvalue weighted by Gasteiger charge is -2.40. The highest BCUT2D eigenvalue weighted by Crippen LogP contribution is 2.35. The van der Waals surface area contributed by atoms with Crippen LogP contribution in [-0.2, 0) is 0 Å². The molecule has 4 heteroatoms. The van der Waals surface area contributed by atoms with E-state index in [-0.39, 0.29) is 5.82 Å². The molecule has 2 fully saturated rings. The molecule has 2 unspecified atom stereocenters. The minimum Gasteiger partial charge on any atom is -0.367 e. The monoisotopic (exact) mass is 259 g/mol. The van der Waals surface area contributed by atoms with Gasteiger partial charge in [-0.1, -0.05) is 6.07 Å². The molecule has 0 bridgehead atoms. The number of benzene rings is 1. The molecule has 0 aliphatic carbocycles. The van der Waals surface area contributed by atoms with Gasteiger partial charge in [0.1, 0.15) is 11.4 Å². The standard InChI is InChI=1S/C15H18FN3/c16-12-3-1-4-13(9-12)18-15(11-17)6-8-19-7-2-5-14(19)10-15/h1,3-4,9,14,18H,2,5-8,10H2. The van der Waals surface area contributed by atoms with Crippen molar-refractivity contribution in [1.82, 2.24) is 4.90 Å². The van der Waals surface area contributed by atoms with Crippen LogP contribution in [0, 0.1) is 17.1 Å². The van der Waals surface area contributed by atoms with Crippen LogP contribution in [0.3, 0.4) is 0 Å². The first-order valence-electron chi connectivity index (χ1n) is 6.90. The Bertz CT molecular complexity index is 510. The number of hydrogen-bond acceptors (Lipinski definition) is 3. The van der Waals surface area contributed by atoms with Crippen LogP contribution in [0.1, 0.15) is 25.7 Å². The third-order valence-corrected chi connectivity index (χ3v) is 4.33. The summed E-state index contributed by atoms with van der Waals surface area (Å²) < 4.78 is 13.2. The molecule has 2 aliphatic rings. The molecule has 0 amide bonds. The molecule has 2 aliphatic heterocycles. The number of piperidine rings is 1. The topological polar surface area (TPSA) is 39.1 Å². The van der Waals surface area contributed by atoms with E-state index in [1.54, 1.807) is 6.07 Å². The van der Waals surface area contributed by atoms with E-state index in [9.17, 15) is 9.65 Å². The fraction of sp³-hybridized carbons (Fsp3) is 0.533. The van der Waals surface area contributed by atoms with Gasteiger partial charge in [0.2, 0.25) is 0 Å².